The maximum absolute atomic E-state index is 12.7. The lowest BCUT2D eigenvalue weighted by atomic mass is 10.2. The molecular formula is C13H17N5OS. The van der Waals surface area contributed by atoms with E-state index in [1.165, 1.54) is 11.5 Å². The van der Waals surface area contributed by atoms with E-state index >= 15 is 0 Å². The highest BCUT2D eigenvalue weighted by molar-refractivity contribution is 7.08. The molecule has 6 nitrogen and oxygen atoms in total. The fourth-order valence-electron chi connectivity index (χ4n) is 2.65. The number of likely N-dealkylation sites (tertiary alicyclic amines) is 1. The van der Waals surface area contributed by atoms with Crippen molar-refractivity contribution in [2.45, 2.75) is 38.8 Å². The molecule has 106 valence electrons. The minimum Gasteiger partial charge on any atom is -0.333 e. The first kappa shape index (κ1) is 13.2. The molecule has 1 aliphatic rings. The van der Waals surface area contributed by atoms with E-state index in [1.807, 2.05) is 28.8 Å². The lowest BCUT2D eigenvalue weighted by molar-refractivity contribution is 0.0725. The highest BCUT2D eigenvalue weighted by Crippen LogP contribution is 2.23. The summed E-state index contributed by atoms with van der Waals surface area (Å²) in [6.45, 7) is 3.57. The summed E-state index contributed by atoms with van der Waals surface area (Å²) >= 11 is 1.20. The van der Waals surface area contributed by atoms with E-state index in [9.17, 15) is 4.79 Å². The SMILES string of the molecule is CCc1nnsc1C(=O)N1CCC[C@@H]1Cn1cccn1. The predicted octanol–water partition coefficient (Wildman–Crippen LogP) is 1.60. The van der Waals surface area contributed by atoms with Crippen molar-refractivity contribution in [1.29, 1.82) is 0 Å². The van der Waals surface area contributed by atoms with Gasteiger partial charge >= 0.3 is 0 Å². The van der Waals surface area contributed by atoms with Crippen LogP contribution >= 0.6 is 11.5 Å². The summed E-state index contributed by atoms with van der Waals surface area (Å²) in [6.07, 6.45) is 6.52. The molecule has 1 aliphatic heterocycles. The lowest BCUT2D eigenvalue weighted by Crippen LogP contribution is -2.38. The van der Waals surface area contributed by atoms with E-state index < -0.39 is 0 Å². The molecule has 1 atom stereocenters. The van der Waals surface area contributed by atoms with Crippen LogP contribution in [0.3, 0.4) is 0 Å². The van der Waals surface area contributed by atoms with Crippen molar-refractivity contribution in [3.63, 3.8) is 0 Å². The molecule has 1 fully saturated rings. The van der Waals surface area contributed by atoms with Crippen molar-refractivity contribution in [2.24, 2.45) is 0 Å². The van der Waals surface area contributed by atoms with Crippen LogP contribution in [0.2, 0.25) is 0 Å². The quantitative estimate of drug-likeness (QED) is 0.858. The van der Waals surface area contributed by atoms with Gasteiger partial charge < -0.3 is 4.90 Å². The van der Waals surface area contributed by atoms with Gasteiger partial charge in [-0.3, -0.25) is 9.48 Å². The predicted molar refractivity (Wildman–Crippen MR) is 75.6 cm³/mol. The van der Waals surface area contributed by atoms with E-state index in [0.29, 0.717) is 4.88 Å². The van der Waals surface area contributed by atoms with Gasteiger partial charge in [0.2, 0.25) is 0 Å². The summed E-state index contributed by atoms with van der Waals surface area (Å²) < 4.78 is 5.80. The molecule has 20 heavy (non-hydrogen) atoms. The summed E-state index contributed by atoms with van der Waals surface area (Å²) in [5.74, 6) is 0.0755. The van der Waals surface area contributed by atoms with Gasteiger partial charge in [-0.15, -0.1) is 5.10 Å². The molecule has 0 N–H and O–H groups in total. The Morgan fingerprint density at radius 2 is 2.45 bits per heavy atom. The number of hydrogen-bond acceptors (Lipinski definition) is 5. The Morgan fingerprint density at radius 3 is 3.20 bits per heavy atom. The third kappa shape index (κ3) is 2.45. The maximum Gasteiger partial charge on any atom is 0.267 e. The Balaban J connectivity index is 1.76. The van der Waals surface area contributed by atoms with Crippen molar-refractivity contribution in [3.05, 3.63) is 29.0 Å². The minimum atomic E-state index is 0.0755. The fourth-order valence-corrected chi connectivity index (χ4v) is 3.36. The average molecular weight is 291 g/mol. The smallest absolute Gasteiger partial charge is 0.267 e. The second-order valence-electron chi connectivity index (χ2n) is 4.93. The second-order valence-corrected chi connectivity index (χ2v) is 5.68. The van der Waals surface area contributed by atoms with Gasteiger partial charge in [0.25, 0.3) is 5.91 Å². The number of carbonyl (C=O) groups excluding carboxylic acids is 1. The first-order valence-corrected chi connectivity index (χ1v) is 7.66. The van der Waals surface area contributed by atoms with Gasteiger partial charge in [-0.1, -0.05) is 11.4 Å². The molecule has 2 aromatic heterocycles. The van der Waals surface area contributed by atoms with Crippen LogP contribution < -0.4 is 0 Å². The molecule has 3 rings (SSSR count). The largest absolute Gasteiger partial charge is 0.333 e. The van der Waals surface area contributed by atoms with E-state index in [0.717, 1.165) is 38.0 Å². The number of nitrogens with zero attached hydrogens (tertiary/aromatic N) is 5. The second kappa shape index (κ2) is 5.70. The van der Waals surface area contributed by atoms with Crippen molar-refractivity contribution in [3.8, 4) is 0 Å². The summed E-state index contributed by atoms with van der Waals surface area (Å²) in [5.41, 5.74) is 0.810. The van der Waals surface area contributed by atoms with Gasteiger partial charge in [-0.05, 0) is 36.9 Å². The summed E-state index contributed by atoms with van der Waals surface area (Å²) in [7, 11) is 0. The van der Waals surface area contributed by atoms with Crippen LogP contribution in [0.15, 0.2) is 18.5 Å². The molecule has 7 heteroatoms. The van der Waals surface area contributed by atoms with Gasteiger partial charge in [0, 0.05) is 18.9 Å². The Morgan fingerprint density at radius 1 is 1.55 bits per heavy atom. The molecule has 0 spiro atoms. The number of hydrogen-bond donors (Lipinski definition) is 0. The van der Waals surface area contributed by atoms with Crippen LogP contribution in [0, 0.1) is 0 Å². The summed E-state index contributed by atoms with van der Waals surface area (Å²) in [4.78, 5) is 15.3. The Hall–Kier alpha value is -1.76. The summed E-state index contributed by atoms with van der Waals surface area (Å²) in [6, 6.07) is 2.12. The van der Waals surface area contributed by atoms with Crippen molar-refractivity contribution < 1.29 is 4.79 Å². The zero-order valence-electron chi connectivity index (χ0n) is 11.4. The molecule has 0 aromatic carbocycles. The maximum atomic E-state index is 12.7. The third-order valence-electron chi connectivity index (χ3n) is 3.68. The van der Waals surface area contributed by atoms with Crippen LogP contribution in [-0.2, 0) is 13.0 Å². The van der Waals surface area contributed by atoms with Crippen LogP contribution in [0.1, 0.15) is 35.1 Å². The molecule has 0 radical (unpaired) electrons. The minimum absolute atomic E-state index is 0.0755. The normalized spacial score (nSPS) is 18.6. The molecule has 0 saturated carbocycles. The highest BCUT2D eigenvalue weighted by Gasteiger charge is 2.32. The zero-order chi connectivity index (χ0) is 13.9. The first-order valence-electron chi connectivity index (χ1n) is 6.89. The number of aryl methyl sites for hydroxylation is 1. The summed E-state index contributed by atoms with van der Waals surface area (Å²) in [5, 5.41) is 8.26. The number of rotatable bonds is 4. The molecule has 0 bridgehead atoms. The Bertz CT molecular complexity index is 579. The van der Waals surface area contributed by atoms with Crippen LogP contribution in [0.4, 0.5) is 0 Å². The number of carbonyl (C=O) groups is 1. The molecule has 2 aromatic rings. The van der Waals surface area contributed by atoms with Crippen molar-refractivity contribution in [1.82, 2.24) is 24.3 Å². The third-order valence-corrected chi connectivity index (χ3v) is 4.44. The van der Waals surface area contributed by atoms with Crippen LogP contribution in [0.5, 0.6) is 0 Å². The average Bonchev–Trinajstić information content (AvgIpc) is 3.19. The molecule has 0 aliphatic carbocycles. The van der Waals surface area contributed by atoms with Gasteiger partial charge in [-0.25, -0.2) is 0 Å². The molecule has 1 amide bonds. The van der Waals surface area contributed by atoms with Gasteiger partial charge in [0.1, 0.15) is 4.88 Å². The Kier molecular flexibility index (Phi) is 3.77. The number of amides is 1. The molecule has 1 saturated heterocycles. The van der Waals surface area contributed by atoms with E-state index in [4.69, 9.17) is 0 Å². The monoisotopic (exact) mass is 291 g/mol. The van der Waals surface area contributed by atoms with E-state index in [1.54, 1.807) is 6.20 Å². The van der Waals surface area contributed by atoms with E-state index in [-0.39, 0.29) is 11.9 Å². The highest BCUT2D eigenvalue weighted by atomic mass is 32.1. The molecular weight excluding hydrogens is 274 g/mol. The van der Waals surface area contributed by atoms with Gasteiger partial charge in [0.05, 0.1) is 18.3 Å². The first-order chi connectivity index (χ1) is 9.79. The molecule has 3 heterocycles. The van der Waals surface area contributed by atoms with E-state index in [2.05, 4.69) is 14.7 Å². The van der Waals surface area contributed by atoms with Crippen LogP contribution in [-0.4, -0.2) is 42.8 Å². The zero-order valence-corrected chi connectivity index (χ0v) is 12.2. The number of aromatic nitrogens is 4. The van der Waals surface area contributed by atoms with Gasteiger partial charge in [0.15, 0.2) is 0 Å². The van der Waals surface area contributed by atoms with Gasteiger partial charge in [-0.2, -0.15) is 5.10 Å². The van der Waals surface area contributed by atoms with Crippen molar-refractivity contribution in [2.75, 3.05) is 6.54 Å². The molecule has 0 unspecified atom stereocenters. The Labute approximate surface area is 121 Å². The lowest BCUT2D eigenvalue weighted by Gasteiger charge is -2.24. The van der Waals surface area contributed by atoms with Crippen molar-refractivity contribution >= 4 is 17.4 Å². The van der Waals surface area contributed by atoms with Crippen LogP contribution in [0.25, 0.3) is 0 Å². The standard InChI is InChI=1S/C13H17N5OS/c1-2-11-12(20-16-15-11)13(19)18-8-3-5-10(18)9-17-7-4-6-14-17/h4,6-7,10H,2-3,5,8-9H2,1H3/t10-/m1/s1. The topological polar surface area (TPSA) is 63.9 Å². The fraction of sp³-hybridized carbons (Fsp3) is 0.538.